The molecule has 6 nitrogen and oxygen atoms in total. The number of esters is 1. The second-order valence-electron chi connectivity index (χ2n) is 8.04. The molecular weight excluding hydrogens is 475 g/mol. The van der Waals surface area contributed by atoms with E-state index in [1.165, 1.54) is 4.57 Å². The van der Waals surface area contributed by atoms with Crippen molar-refractivity contribution in [1.29, 1.82) is 0 Å². The predicted molar refractivity (Wildman–Crippen MR) is 110 cm³/mol. The van der Waals surface area contributed by atoms with Gasteiger partial charge in [-0.3, -0.25) is 0 Å². The van der Waals surface area contributed by atoms with Crippen molar-refractivity contribution in [3.8, 4) is 0 Å². The van der Waals surface area contributed by atoms with Gasteiger partial charge in [-0.1, -0.05) is 29.8 Å². The number of aliphatic carboxylic acids is 1. The lowest BCUT2D eigenvalue weighted by Crippen LogP contribution is -2.43. The molecule has 0 spiro atoms. The average molecular weight is 497 g/mol. The van der Waals surface area contributed by atoms with E-state index in [1.807, 2.05) is 0 Å². The second kappa shape index (κ2) is 9.84. The number of rotatable bonds is 4. The summed E-state index contributed by atoms with van der Waals surface area (Å²) in [5.74, 6) is -3.28. The molecule has 2 aliphatic heterocycles. The van der Waals surface area contributed by atoms with Crippen molar-refractivity contribution in [3.05, 3.63) is 35.0 Å². The number of carboxylic acid groups (broad SMARTS) is 1. The number of hydrogen-bond acceptors (Lipinski definition) is 4. The Morgan fingerprint density at radius 2 is 1.73 bits per heavy atom. The third-order valence-corrected chi connectivity index (χ3v) is 6.40. The van der Waals surface area contributed by atoms with Gasteiger partial charge in [0.05, 0.1) is 12.1 Å². The van der Waals surface area contributed by atoms with Crippen LogP contribution in [-0.2, 0) is 16.1 Å². The summed E-state index contributed by atoms with van der Waals surface area (Å²) in [6.07, 6.45) is -3.91. The fourth-order valence-electron chi connectivity index (χ4n) is 4.45. The van der Waals surface area contributed by atoms with Crippen molar-refractivity contribution in [3.63, 3.8) is 0 Å². The van der Waals surface area contributed by atoms with Gasteiger partial charge in [-0.05, 0) is 26.0 Å². The molecule has 1 aromatic carbocycles. The highest BCUT2D eigenvalue weighted by molar-refractivity contribution is 6.35. The van der Waals surface area contributed by atoms with Gasteiger partial charge in [0.15, 0.2) is 0 Å². The van der Waals surface area contributed by atoms with Crippen LogP contribution >= 0.6 is 11.6 Å². The van der Waals surface area contributed by atoms with Crippen molar-refractivity contribution in [2.75, 3.05) is 7.05 Å². The van der Waals surface area contributed by atoms with Crippen molar-refractivity contribution in [2.24, 2.45) is 0 Å². The highest BCUT2D eigenvalue weighted by Crippen LogP contribution is 2.37. The van der Waals surface area contributed by atoms with E-state index < -0.39 is 31.1 Å². The zero-order valence-electron chi connectivity index (χ0n) is 17.5. The Balaban J connectivity index is 0.000000383. The summed E-state index contributed by atoms with van der Waals surface area (Å²) in [5.41, 5.74) is 0.711. The summed E-state index contributed by atoms with van der Waals surface area (Å²) in [4.78, 5) is 24.1. The van der Waals surface area contributed by atoms with Crippen molar-refractivity contribution < 1.29 is 41.4 Å². The van der Waals surface area contributed by atoms with E-state index in [4.69, 9.17) is 26.2 Å². The number of piperidine rings is 1. The highest BCUT2D eigenvalue weighted by Gasteiger charge is 2.40. The molecule has 12 heteroatoms. The molecule has 2 bridgehead atoms. The average Bonchev–Trinajstić information content (AvgIpc) is 3.09. The molecule has 0 aliphatic carbocycles. The van der Waals surface area contributed by atoms with Gasteiger partial charge in [0, 0.05) is 30.3 Å². The Morgan fingerprint density at radius 1 is 1.18 bits per heavy atom. The summed E-state index contributed by atoms with van der Waals surface area (Å²) in [6, 6.07) is 7.81. The van der Waals surface area contributed by atoms with Crippen LogP contribution in [0, 0.1) is 0 Å². The SMILES string of the molecule is CN1[C@@H]2CC[C@H]1C[C@@H](OC(=O)c1c(Cl)n(CC(F)F)c3ccccc13)C2.O=C(O)C(F)(F)F. The maximum atomic E-state index is 12.9. The summed E-state index contributed by atoms with van der Waals surface area (Å²) in [5, 5.41) is 7.70. The molecule has 0 saturated carbocycles. The molecule has 4 rings (SSSR count). The van der Waals surface area contributed by atoms with Gasteiger partial charge >= 0.3 is 18.1 Å². The van der Waals surface area contributed by atoms with E-state index in [0.717, 1.165) is 25.7 Å². The highest BCUT2D eigenvalue weighted by atomic mass is 35.5. The lowest BCUT2D eigenvalue weighted by Gasteiger charge is -2.35. The van der Waals surface area contributed by atoms with Crippen molar-refractivity contribution >= 4 is 34.4 Å². The maximum Gasteiger partial charge on any atom is 0.490 e. The number of aromatic nitrogens is 1. The van der Waals surface area contributed by atoms with Gasteiger partial charge in [0.25, 0.3) is 6.43 Å². The molecule has 3 atom stereocenters. The van der Waals surface area contributed by atoms with E-state index in [9.17, 15) is 26.7 Å². The first-order chi connectivity index (χ1) is 15.4. The van der Waals surface area contributed by atoms with Crippen LogP contribution in [0.2, 0.25) is 5.15 Å². The Labute approximate surface area is 190 Å². The minimum Gasteiger partial charge on any atom is -0.475 e. The van der Waals surface area contributed by atoms with Crippen molar-refractivity contribution in [1.82, 2.24) is 9.47 Å². The van der Waals surface area contributed by atoms with Gasteiger partial charge in [-0.2, -0.15) is 13.2 Å². The number of carboxylic acids is 1. The number of hydrogen-bond donors (Lipinski definition) is 1. The van der Waals surface area contributed by atoms with Crippen LogP contribution in [0.5, 0.6) is 0 Å². The Bertz CT molecular complexity index is 1010. The maximum absolute atomic E-state index is 12.9. The van der Waals surface area contributed by atoms with E-state index in [2.05, 4.69) is 11.9 Å². The van der Waals surface area contributed by atoms with Crippen LogP contribution < -0.4 is 0 Å². The molecule has 3 heterocycles. The number of ether oxygens (including phenoxy) is 1. The largest absolute Gasteiger partial charge is 0.490 e. The standard InChI is InChI=1S/C19H21ClF2N2O2.C2HF3O2/c1-23-11-6-7-12(23)9-13(8-11)26-19(25)17-14-4-2-3-5-15(14)24(18(17)20)10-16(21)22;3-2(4,5)1(6)7/h2-5,11-13,16H,6-10H2,1H3;(H,6,7)/t11-,12+,13+;. The quantitative estimate of drug-likeness (QED) is 0.478. The summed E-state index contributed by atoms with van der Waals surface area (Å²) < 4.78 is 64.7. The van der Waals surface area contributed by atoms with E-state index in [0.29, 0.717) is 23.0 Å². The van der Waals surface area contributed by atoms with Gasteiger partial charge in [-0.15, -0.1) is 0 Å². The molecule has 0 radical (unpaired) electrons. The van der Waals surface area contributed by atoms with Gasteiger partial charge in [-0.25, -0.2) is 18.4 Å². The smallest absolute Gasteiger partial charge is 0.475 e. The van der Waals surface area contributed by atoms with Crippen LogP contribution in [-0.4, -0.2) is 64.3 Å². The number of halogens is 6. The van der Waals surface area contributed by atoms with Gasteiger partial charge < -0.3 is 19.3 Å². The van der Waals surface area contributed by atoms with Crippen LogP contribution in [0.4, 0.5) is 22.0 Å². The molecule has 0 amide bonds. The molecule has 2 fully saturated rings. The fourth-order valence-corrected chi connectivity index (χ4v) is 4.79. The number of carbonyl (C=O) groups excluding carboxylic acids is 1. The predicted octanol–water partition coefficient (Wildman–Crippen LogP) is 4.98. The monoisotopic (exact) mass is 496 g/mol. The Morgan fingerprint density at radius 3 is 2.24 bits per heavy atom. The van der Waals surface area contributed by atoms with Crippen LogP contribution in [0.15, 0.2) is 24.3 Å². The molecule has 2 aromatic rings. The van der Waals surface area contributed by atoms with Gasteiger partial charge in [0.1, 0.15) is 16.8 Å². The first kappa shape index (κ1) is 25.2. The van der Waals surface area contributed by atoms with E-state index >= 15 is 0 Å². The number of para-hydroxylation sites is 1. The Kier molecular flexibility index (Phi) is 7.52. The molecule has 1 aromatic heterocycles. The fraction of sp³-hybridized carbons (Fsp3) is 0.524. The number of benzene rings is 1. The summed E-state index contributed by atoms with van der Waals surface area (Å²) in [6.45, 7) is -0.551. The van der Waals surface area contributed by atoms with E-state index in [-0.39, 0.29) is 16.8 Å². The number of alkyl halides is 5. The first-order valence-electron chi connectivity index (χ1n) is 10.2. The van der Waals surface area contributed by atoms with Crippen molar-refractivity contribution in [2.45, 2.75) is 63.0 Å². The lowest BCUT2D eigenvalue weighted by atomic mass is 10.0. The molecule has 182 valence electrons. The molecule has 2 aliphatic rings. The topological polar surface area (TPSA) is 71.8 Å². The Hall–Kier alpha value is -2.40. The zero-order valence-corrected chi connectivity index (χ0v) is 18.2. The normalized spacial score (nSPS) is 22.8. The number of nitrogens with zero attached hydrogens (tertiary/aromatic N) is 2. The number of fused-ring (bicyclic) bond motifs is 3. The molecule has 33 heavy (non-hydrogen) atoms. The molecule has 0 unspecified atom stereocenters. The molecular formula is C21H22ClF5N2O4. The zero-order chi connectivity index (χ0) is 24.5. The minimum atomic E-state index is -5.08. The van der Waals surface area contributed by atoms with Crippen LogP contribution in [0.3, 0.4) is 0 Å². The summed E-state index contributed by atoms with van der Waals surface area (Å²) in [7, 11) is 2.12. The number of carbonyl (C=O) groups is 2. The second-order valence-corrected chi connectivity index (χ2v) is 8.39. The molecule has 1 N–H and O–H groups in total. The summed E-state index contributed by atoms with van der Waals surface area (Å²) >= 11 is 6.32. The van der Waals surface area contributed by atoms with E-state index in [1.54, 1.807) is 24.3 Å². The van der Waals surface area contributed by atoms with Gasteiger partial charge in [0.2, 0.25) is 0 Å². The van der Waals surface area contributed by atoms with Crippen LogP contribution in [0.1, 0.15) is 36.0 Å². The molecule has 2 saturated heterocycles. The van der Waals surface area contributed by atoms with Crippen LogP contribution in [0.25, 0.3) is 10.9 Å². The lowest BCUT2D eigenvalue weighted by molar-refractivity contribution is -0.192. The third kappa shape index (κ3) is 5.57. The first-order valence-corrected chi connectivity index (χ1v) is 10.6. The minimum absolute atomic E-state index is 0.0207. The third-order valence-electron chi connectivity index (χ3n) is 6.00.